The first kappa shape index (κ1) is 25.5. The highest BCUT2D eigenvalue weighted by Crippen LogP contribution is 2.40. The third kappa shape index (κ3) is 7.01. The van der Waals surface area contributed by atoms with Crippen LogP contribution < -0.4 is 4.90 Å². The normalized spacial score (nSPS) is 13.4. The van der Waals surface area contributed by atoms with E-state index in [2.05, 4.69) is 111 Å². The van der Waals surface area contributed by atoms with E-state index in [4.69, 9.17) is 0 Å². The summed E-state index contributed by atoms with van der Waals surface area (Å²) in [6, 6.07) is 8.35. The summed E-state index contributed by atoms with van der Waals surface area (Å²) in [4.78, 5) is 6.62. The second-order valence-electron chi connectivity index (χ2n) is 7.32. The fraction of sp³-hybridized carbons (Fsp3) is 0.207. The Kier molecular flexibility index (Phi) is 10.6. The fourth-order valence-electron chi connectivity index (χ4n) is 3.19. The van der Waals surface area contributed by atoms with Crippen LogP contribution in [0.2, 0.25) is 0 Å². The third-order valence-corrected chi connectivity index (χ3v) is 4.79. The fourth-order valence-corrected chi connectivity index (χ4v) is 3.19. The number of anilines is 1. The number of para-hydroxylation sites is 1. The molecule has 0 fully saturated rings. The van der Waals surface area contributed by atoms with Crippen molar-refractivity contribution in [2.45, 2.75) is 27.7 Å². The lowest BCUT2D eigenvalue weighted by atomic mass is 9.87. The van der Waals surface area contributed by atoms with Crippen LogP contribution in [0.3, 0.4) is 0 Å². The van der Waals surface area contributed by atoms with Crippen LogP contribution in [0.15, 0.2) is 107 Å². The van der Waals surface area contributed by atoms with Crippen molar-refractivity contribution in [3.63, 3.8) is 0 Å². The van der Waals surface area contributed by atoms with E-state index in [9.17, 15) is 0 Å². The predicted molar refractivity (Wildman–Crippen MR) is 140 cm³/mol. The molecule has 0 atom stereocenters. The van der Waals surface area contributed by atoms with Crippen LogP contribution in [0.4, 0.5) is 5.69 Å². The number of terminal acetylenes is 1. The highest BCUT2D eigenvalue weighted by Gasteiger charge is 2.23. The molecule has 160 valence electrons. The zero-order valence-electron chi connectivity index (χ0n) is 19.4. The van der Waals surface area contributed by atoms with E-state index in [-0.39, 0.29) is 0 Å². The van der Waals surface area contributed by atoms with Crippen molar-refractivity contribution >= 4 is 17.5 Å². The van der Waals surface area contributed by atoms with E-state index >= 15 is 0 Å². The van der Waals surface area contributed by atoms with Gasteiger partial charge in [-0.25, -0.2) is 0 Å². The van der Waals surface area contributed by atoms with Crippen molar-refractivity contribution in [3.8, 4) is 12.8 Å². The summed E-state index contributed by atoms with van der Waals surface area (Å²) in [5.41, 5.74) is 8.68. The molecule has 2 nitrogen and oxygen atoms in total. The summed E-state index contributed by atoms with van der Waals surface area (Å²) in [5.74, 6) is 0. The van der Waals surface area contributed by atoms with Gasteiger partial charge in [0.1, 0.15) is 0 Å². The quantitative estimate of drug-likeness (QED) is 0.249. The Morgan fingerprint density at radius 3 is 2.42 bits per heavy atom. The molecule has 0 N–H and O–H groups in total. The number of allylic oxidation sites excluding steroid dienone is 6. The summed E-state index contributed by atoms with van der Waals surface area (Å²) >= 11 is 0. The molecule has 0 unspecified atom stereocenters. The van der Waals surface area contributed by atoms with Gasteiger partial charge in [0, 0.05) is 29.6 Å². The summed E-state index contributed by atoms with van der Waals surface area (Å²) < 4.78 is 0. The molecule has 1 aliphatic rings. The largest absolute Gasteiger partial charge is 0.342 e. The van der Waals surface area contributed by atoms with Gasteiger partial charge in [-0.3, -0.25) is 4.99 Å². The van der Waals surface area contributed by atoms with Gasteiger partial charge in [0.05, 0.1) is 6.54 Å². The van der Waals surface area contributed by atoms with Crippen molar-refractivity contribution in [1.82, 2.24) is 0 Å². The first-order valence-corrected chi connectivity index (χ1v) is 10.3. The lowest BCUT2D eigenvalue weighted by Gasteiger charge is -2.32. The molecule has 0 bridgehead atoms. The molecule has 1 aliphatic heterocycles. The number of nitrogens with zero attached hydrogens (tertiary/aromatic N) is 2. The molecule has 1 heterocycles. The first-order chi connectivity index (χ1) is 14.9. The predicted octanol–water partition coefficient (Wildman–Crippen LogP) is 7.32. The van der Waals surface area contributed by atoms with Gasteiger partial charge in [-0.15, -0.1) is 12.8 Å². The molecular weight excluding hydrogens is 376 g/mol. The van der Waals surface area contributed by atoms with Crippen molar-refractivity contribution in [2.75, 3.05) is 18.0 Å². The molecule has 0 aromatic heterocycles. The van der Waals surface area contributed by atoms with Crippen LogP contribution in [-0.2, 0) is 0 Å². The molecule has 0 saturated carbocycles. The average Bonchev–Trinajstić information content (AvgIpc) is 2.77. The van der Waals surface area contributed by atoms with Crippen molar-refractivity contribution in [1.29, 1.82) is 0 Å². The zero-order chi connectivity index (χ0) is 23.4. The SMILES string of the molecule is C#C.C=C(/C=C\C=C(C)C)CN1C=C(C(=C)/C(=C/C)CN=CC)C(=C)c2ccccc21. The topological polar surface area (TPSA) is 15.6 Å². The third-order valence-electron chi connectivity index (χ3n) is 4.79. The molecular formula is C29H34N2. The highest BCUT2D eigenvalue weighted by molar-refractivity contribution is 5.93. The van der Waals surface area contributed by atoms with E-state index in [1.807, 2.05) is 20.1 Å². The molecule has 0 saturated heterocycles. The lowest BCUT2D eigenvalue weighted by Crippen LogP contribution is -2.24. The first-order valence-electron chi connectivity index (χ1n) is 10.3. The van der Waals surface area contributed by atoms with Gasteiger partial charge >= 0.3 is 0 Å². The molecule has 0 spiro atoms. The summed E-state index contributed by atoms with van der Waals surface area (Å²) in [5, 5.41) is 0. The van der Waals surface area contributed by atoms with Gasteiger partial charge in [-0.2, -0.15) is 0 Å². The van der Waals surface area contributed by atoms with Gasteiger partial charge in [0.15, 0.2) is 0 Å². The van der Waals surface area contributed by atoms with Crippen molar-refractivity contribution in [2.24, 2.45) is 4.99 Å². The van der Waals surface area contributed by atoms with E-state index in [1.165, 1.54) is 5.57 Å². The Balaban J connectivity index is 0.00000233. The molecule has 0 radical (unpaired) electrons. The minimum absolute atomic E-state index is 0.621. The van der Waals surface area contributed by atoms with E-state index in [1.54, 1.807) is 0 Å². The molecule has 1 aromatic carbocycles. The van der Waals surface area contributed by atoms with Crippen LogP contribution in [0.25, 0.3) is 5.57 Å². The molecule has 2 heteroatoms. The Hall–Kier alpha value is -3.57. The molecule has 31 heavy (non-hydrogen) atoms. The monoisotopic (exact) mass is 410 g/mol. The number of aliphatic imine (C=N–C) groups is 1. The summed E-state index contributed by atoms with van der Waals surface area (Å²) in [6.45, 7) is 22.4. The standard InChI is InChI=1S/C27H32N2.C2H2/c1-8-24(17-28-9-2)22(6)26-19-29(18-21(5)14-12-13-20(3)4)27-16-11-10-15-25(27)23(26)7;1-2/h8-16,19H,5-7,17-18H2,1-4H3;1-2H/b14-12-,24-8+,28-9?;. The zero-order valence-corrected chi connectivity index (χ0v) is 19.4. The minimum atomic E-state index is 0.621. The number of hydrogen-bond donors (Lipinski definition) is 0. The lowest BCUT2D eigenvalue weighted by molar-refractivity contribution is 1.03. The molecule has 2 rings (SSSR count). The molecule has 1 aromatic rings. The van der Waals surface area contributed by atoms with Crippen LogP contribution >= 0.6 is 0 Å². The van der Waals surface area contributed by atoms with E-state index in [0.29, 0.717) is 13.1 Å². The summed E-state index contributed by atoms with van der Waals surface area (Å²) in [6.07, 6.45) is 20.3. The van der Waals surface area contributed by atoms with Crippen LogP contribution in [0, 0.1) is 12.8 Å². The summed E-state index contributed by atoms with van der Waals surface area (Å²) in [7, 11) is 0. The maximum Gasteiger partial charge on any atom is 0.0638 e. The van der Waals surface area contributed by atoms with E-state index < -0.39 is 0 Å². The maximum atomic E-state index is 4.39. The van der Waals surface area contributed by atoms with Crippen LogP contribution in [0.1, 0.15) is 33.3 Å². The minimum Gasteiger partial charge on any atom is -0.342 e. The Morgan fingerprint density at radius 1 is 1.13 bits per heavy atom. The second kappa shape index (κ2) is 12.9. The number of rotatable bonds is 8. The Labute approximate surface area is 189 Å². The number of fused-ring (bicyclic) bond motifs is 1. The van der Waals surface area contributed by atoms with Gasteiger partial charge in [-0.05, 0) is 62.3 Å². The van der Waals surface area contributed by atoms with Crippen molar-refractivity contribution < 1.29 is 0 Å². The second-order valence-corrected chi connectivity index (χ2v) is 7.32. The van der Waals surface area contributed by atoms with Crippen molar-refractivity contribution in [3.05, 3.63) is 108 Å². The van der Waals surface area contributed by atoms with Crippen LogP contribution in [0.5, 0.6) is 0 Å². The average molecular weight is 411 g/mol. The van der Waals surface area contributed by atoms with Gasteiger partial charge in [0.2, 0.25) is 0 Å². The smallest absolute Gasteiger partial charge is 0.0638 e. The Morgan fingerprint density at radius 2 is 1.81 bits per heavy atom. The van der Waals surface area contributed by atoms with Gasteiger partial charge < -0.3 is 4.90 Å². The number of benzene rings is 1. The van der Waals surface area contributed by atoms with Crippen LogP contribution in [-0.4, -0.2) is 19.3 Å². The number of hydrogen-bond acceptors (Lipinski definition) is 2. The van der Waals surface area contributed by atoms with Gasteiger partial charge in [0.25, 0.3) is 0 Å². The van der Waals surface area contributed by atoms with E-state index in [0.717, 1.165) is 39.1 Å². The Bertz CT molecular complexity index is 987. The highest BCUT2D eigenvalue weighted by atomic mass is 15.1. The molecule has 0 aliphatic carbocycles. The van der Waals surface area contributed by atoms with Gasteiger partial charge in [-0.1, -0.05) is 67.8 Å². The maximum absolute atomic E-state index is 4.39. The molecule has 0 amide bonds.